The van der Waals surface area contributed by atoms with Crippen LogP contribution in [0.5, 0.6) is 0 Å². The molecule has 0 atom stereocenters. The highest BCUT2D eigenvalue weighted by Gasteiger charge is 2.07. The number of rotatable bonds is 3. The van der Waals surface area contributed by atoms with Gasteiger partial charge in [0.05, 0.1) is 10.7 Å². The fourth-order valence-electron chi connectivity index (χ4n) is 1.76. The van der Waals surface area contributed by atoms with Crippen molar-refractivity contribution in [2.24, 2.45) is 10.7 Å². The Morgan fingerprint density at radius 3 is 2.76 bits per heavy atom. The van der Waals surface area contributed by atoms with E-state index in [1.54, 1.807) is 0 Å². The van der Waals surface area contributed by atoms with Crippen molar-refractivity contribution in [2.45, 2.75) is 5.75 Å². The molecule has 0 aliphatic heterocycles. The number of nitrogens with two attached hydrogens (primary N) is 1. The van der Waals surface area contributed by atoms with Crippen LogP contribution in [-0.4, -0.2) is 13.0 Å². The maximum Gasteiger partial charge on any atom is 0.200 e. The van der Waals surface area contributed by atoms with Gasteiger partial charge in [0.1, 0.15) is 0 Å². The Labute approximate surface area is 148 Å². The third-order valence-electron chi connectivity index (χ3n) is 2.97. The largest absolute Gasteiger partial charge is 0.369 e. The van der Waals surface area contributed by atoms with Crippen LogP contribution in [0.15, 0.2) is 47.5 Å². The zero-order chi connectivity index (χ0) is 15.4. The molecule has 0 radical (unpaired) electrons. The number of hydrogen-bond donors (Lipinski definition) is 2. The Balaban J connectivity index is 2.32. The summed E-state index contributed by atoms with van der Waals surface area (Å²) in [6.07, 6.45) is 0. The number of hydrogen-bond acceptors (Lipinski definition) is 2. The lowest BCUT2D eigenvalue weighted by Gasteiger charge is -2.18. The smallest absolute Gasteiger partial charge is 0.200 e. The van der Waals surface area contributed by atoms with Crippen LogP contribution in [0.3, 0.4) is 0 Å². The standard InChI is InChI=1S/C15H15ClIN3S/c1-20(12-4-2-3-11(17)8-12)15(18)19-14-7-10(9-21)5-6-13(14)16/h2-8,21H,9H2,1H3,(H2,18,19). The molecule has 2 aromatic rings. The van der Waals surface area contributed by atoms with E-state index in [0.717, 1.165) is 14.8 Å². The van der Waals surface area contributed by atoms with E-state index >= 15 is 0 Å². The van der Waals surface area contributed by atoms with E-state index in [1.165, 1.54) is 0 Å². The van der Waals surface area contributed by atoms with Crippen LogP contribution in [0, 0.1) is 3.57 Å². The van der Waals surface area contributed by atoms with E-state index in [9.17, 15) is 0 Å². The SMILES string of the molecule is CN(C(N)=Nc1cc(CS)ccc1Cl)c1cccc(I)c1. The van der Waals surface area contributed by atoms with Gasteiger partial charge < -0.3 is 10.6 Å². The molecule has 0 aromatic heterocycles. The zero-order valence-electron chi connectivity index (χ0n) is 11.4. The molecule has 21 heavy (non-hydrogen) atoms. The van der Waals surface area contributed by atoms with Gasteiger partial charge in [-0.1, -0.05) is 23.7 Å². The summed E-state index contributed by atoms with van der Waals surface area (Å²) in [5, 5.41) is 0.569. The fourth-order valence-corrected chi connectivity index (χ4v) is 2.64. The van der Waals surface area contributed by atoms with Gasteiger partial charge >= 0.3 is 0 Å². The third kappa shape index (κ3) is 4.28. The summed E-state index contributed by atoms with van der Waals surface area (Å²) < 4.78 is 1.14. The minimum Gasteiger partial charge on any atom is -0.369 e. The predicted octanol–water partition coefficient (Wildman–Crippen LogP) is 4.46. The normalized spacial score (nSPS) is 11.5. The van der Waals surface area contributed by atoms with E-state index in [2.05, 4.69) is 40.2 Å². The van der Waals surface area contributed by atoms with Crippen LogP contribution in [0.25, 0.3) is 0 Å². The van der Waals surface area contributed by atoms with Crippen LogP contribution < -0.4 is 10.6 Å². The summed E-state index contributed by atoms with van der Waals surface area (Å²) in [4.78, 5) is 6.25. The molecule has 2 aromatic carbocycles. The second kappa shape index (κ2) is 7.38. The second-order valence-electron chi connectivity index (χ2n) is 4.45. The zero-order valence-corrected chi connectivity index (χ0v) is 15.2. The lowest BCUT2D eigenvalue weighted by Crippen LogP contribution is -2.33. The molecule has 0 fully saturated rings. The second-order valence-corrected chi connectivity index (χ2v) is 6.42. The molecule has 0 bridgehead atoms. The van der Waals surface area contributed by atoms with Gasteiger partial charge in [-0.2, -0.15) is 12.6 Å². The Morgan fingerprint density at radius 2 is 2.10 bits per heavy atom. The first-order chi connectivity index (χ1) is 10.0. The van der Waals surface area contributed by atoms with Crippen molar-refractivity contribution in [3.8, 4) is 0 Å². The van der Waals surface area contributed by atoms with Crippen molar-refractivity contribution >= 4 is 64.2 Å². The molecule has 110 valence electrons. The average Bonchev–Trinajstić information content (AvgIpc) is 2.48. The highest BCUT2D eigenvalue weighted by atomic mass is 127. The predicted molar refractivity (Wildman–Crippen MR) is 103 cm³/mol. The van der Waals surface area contributed by atoms with E-state index in [4.69, 9.17) is 17.3 Å². The van der Waals surface area contributed by atoms with Crippen molar-refractivity contribution in [1.82, 2.24) is 0 Å². The lowest BCUT2D eigenvalue weighted by atomic mass is 10.2. The van der Waals surface area contributed by atoms with Gasteiger partial charge in [-0.3, -0.25) is 0 Å². The molecule has 3 nitrogen and oxygen atoms in total. The minimum atomic E-state index is 0.384. The Bertz CT molecular complexity index is 676. The van der Waals surface area contributed by atoms with Gasteiger partial charge in [0.25, 0.3) is 0 Å². The number of halogens is 2. The van der Waals surface area contributed by atoms with Crippen molar-refractivity contribution in [3.63, 3.8) is 0 Å². The number of nitrogens with zero attached hydrogens (tertiary/aromatic N) is 2. The summed E-state index contributed by atoms with van der Waals surface area (Å²) in [6.45, 7) is 0. The van der Waals surface area contributed by atoms with Crippen LogP contribution in [0.2, 0.25) is 5.02 Å². The molecule has 0 spiro atoms. The van der Waals surface area contributed by atoms with Crippen LogP contribution in [-0.2, 0) is 5.75 Å². The molecular formula is C15H15ClIN3S. The van der Waals surface area contributed by atoms with E-state index in [-0.39, 0.29) is 0 Å². The highest BCUT2D eigenvalue weighted by Crippen LogP contribution is 2.27. The molecule has 2 rings (SSSR count). The van der Waals surface area contributed by atoms with Crippen molar-refractivity contribution in [2.75, 3.05) is 11.9 Å². The first-order valence-electron chi connectivity index (χ1n) is 6.24. The number of guanidine groups is 1. The van der Waals surface area contributed by atoms with Crippen molar-refractivity contribution < 1.29 is 0 Å². The Kier molecular flexibility index (Phi) is 5.78. The molecule has 0 amide bonds. The van der Waals surface area contributed by atoms with Gasteiger partial charge in [0, 0.05) is 22.1 Å². The molecule has 0 heterocycles. The summed E-state index contributed by atoms with van der Waals surface area (Å²) in [6, 6.07) is 13.7. The van der Waals surface area contributed by atoms with Crippen molar-refractivity contribution in [3.05, 3.63) is 56.6 Å². The Morgan fingerprint density at radius 1 is 1.33 bits per heavy atom. The lowest BCUT2D eigenvalue weighted by molar-refractivity contribution is 1.21. The molecule has 6 heteroatoms. The van der Waals surface area contributed by atoms with Crippen molar-refractivity contribution in [1.29, 1.82) is 0 Å². The molecule has 0 unspecified atom stereocenters. The fraction of sp³-hybridized carbons (Fsp3) is 0.133. The average molecular weight is 432 g/mol. The van der Waals surface area contributed by atoms with Crippen LogP contribution in [0.4, 0.5) is 11.4 Å². The van der Waals surface area contributed by atoms with Crippen LogP contribution >= 0.6 is 46.8 Å². The van der Waals surface area contributed by atoms with Crippen LogP contribution in [0.1, 0.15) is 5.56 Å². The van der Waals surface area contributed by atoms with Gasteiger partial charge in [-0.25, -0.2) is 4.99 Å². The monoisotopic (exact) mass is 431 g/mol. The third-order valence-corrected chi connectivity index (χ3v) is 4.32. The van der Waals surface area contributed by atoms with E-state index < -0.39 is 0 Å². The first-order valence-corrected chi connectivity index (χ1v) is 8.33. The van der Waals surface area contributed by atoms with E-state index in [1.807, 2.05) is 54.4 Å². The molecule has 0 saturated carbocycles. The molecule has 0 aliphatic rings. The maximum atomic E-state index is 6.17. The topological polar surface area (TPSA) is 41.6 Å². The molecule has 0 aliphatic carbocycles. The quantitative estimate of drug-likeness (QED) is 0.326. The number of aliphatic imine (C=N–C) groups is 1. The summed E-state index contributed by atoms with van der Waals surface area (Å²) in [7, 11) is 1.88. The molecular weight excluding hydrogens is 417 g/mol. The van der Waals surface area contributed by atoms with Gasteiger partial charge in [-0.05, 0) is 58.5 Å². The number of benzene rings is 2. The molecule has 0 saturated heterocycles. The van der Waals surface area contributed by atoms with Gasteiger partial charge in [-0.15, -0.1) is 0 Å². The van der Waals surface area contributed by atoms with Gasteiger partial charge in [0.2, 0.25) is 5.96 Å². The molecule has 2 N–H and O–H groups in total. The summed E-state index contributed by atoms with van der Waals surface area (Å²) >= 11 is 12.7. The number of thiol groups is 1. The summed E-state index contributed by atoms with van der Waals surface area (Å²) in [5.41, 5.74) is 8.76. The van der Waals surface area contributed by atoms with Gasteiger partial charge in [0.15, 0.2) is 0 Å². The Hall–Kier alpha value is -0.920. The summed E-state index contributed by atoms with van der Waals surface area (Å²) in [5.74, 6) is 1.02. The van der Waals surface area contributed by atoms with E-state index in [0.29, 0.717) is 22.4 Å². The number of anilines is 1. The minimum absolute atomic E-state index is 0.384. The first kappa shape index (κ1) is 16.5. The maximum absolute atomic E-state index is 6.17. The highest BCUT2D eigenvalue weighted by molar-refractivity contribution is 14.1.